The van der Waals surface area contributed by atoms with Crippen LogP contribution in [-0.2, 0) is 0 Å². The molecule has 10 rings (SSSR count). The summed E-state index contributed by atoms with van der Waals surface area (Å²) in [6.45, 7) is 0. The predicted octanol–water partition coefficient (Wildman–Crippen LogP) is 13.3. The molecule has 46 heavy (non-hydrogen) atoms. The summed E-state index contributed by atoms with van der Waals surface area (Å²) in [7, 11) is 0. The molecule has 2 heteroatoms. The Labute approximate surface area is 269 Å². The molecule has 8 aromatic carbocycles. The van der Waals surface area contributed by atoms with Crippen LogP contribution in [0.5, 0.6) is 0 Å². The van der Waals surface area contributed by atoms with Gasteiger partial charge in [-0.1, -0.05) is 109 Å². The number of hydrogen-bond acceptors (Lipinski definition) is 2. The van der Waals surface area contributed by atoms with Crippen LogP contribution in [0.4, 0.5) is 0 Å². The minimum Gasteiger partial charge on any atom is -0.464 e. The van der Waals surface area contributed by atoms with E-state index in [9.17, 15) is 0 Å². The fourth-order valence-electron chi connectivity index (χ4n) is 7.43. The van der Waals surface area contributed by atoms with Gasteiger partial charge in [-0.05, 0) is 108 Å². The van der Waals surface area contributed by atoms with Crippen molar-refractivity contribution in [3.63, 3.8) is 0 Å². The van der Waals surface area contributed by atoms with Gasteiger partial charge in [0.2, 0.25) is 0 Å². The molecule has 0 amide bonds. The highest BCUT2D eigenvalue weighted by Gasteiger charge is 2.20. The molecule has 0 radical (unpaired) electrons. The Kier molecular flexibility index (Phi) is 5.51. The summed E-state index contributed by atoms with van der Waals surface area (Å²) < 4.78 is 8.38. The molecular weight excluding hydrogens is 577 g/mol. The average molecular weight is 603 g/mol. The monoisotopic (exact) mass is 602 g/mol. The second kappa shape index (κ2) is 9.90. The maximum Gasteiger partial charge on any atom is 0.133 e. The number of benzene rings is 8. The van der Waals surface area contributed by atoms with Crippen molar-refractivity contribution < 1.29 is 4.42 Å². The Morgan fingerprint density at radius 3 is 1.98 bits per heavy atom. The zero-order chi connectivity index (χ0) is 30.2. The molecule has 0 aliphatic heterocycles. The summed E-state index contributed by atoms with van der Waals surface area (Å²) in [6.07, 6.45) is 1.78. The topological polar surface area (TPSA) is 13.1 Å². The molecule has 0 saturated carbocycles. The van der Waals surface area contributed by atoms with Crippen LogP contribution in [0.1, 0.15) is 0 Å². The molecule has 0 spiro atoms. The van der Waals surface area contributed by atoms with E-state index in [2.05, 4.69) is 152 Å². The van der Waals surface area contributed by atoms with E-state index in [0.29, 0.717) is 0 Å². The Bertz CT molecular complexity index is 2810. The van der Waals surface area contributed by atoms with Gasteiger partial charge in [0.15, 0.2) is 0 Å². The SMILES string of the molecule is c1ccc2cc(-c3ccc4c(-c5cccc6sc7ccccc7c56)c5ccccc5c(-c5ccc6occc6c5)c4c3)ccc2c1. The summed E-state index contributed by atoms with van der Waals surface area (Å²) in [6, 6.07) is 55.7. The molecule has 2 aromatic heterocycles. The highest BCUT2D eigenvalue weighted by molar-refractivity contribution is 7.25. The van der Waals surface area contributed by atoms with Crippen molar-refractivity contribution in [2.75, 3.05) is 0 Å². The van der Waals surface area contributed by atoms with Crippen molar-refractivity contribution in [2.24, 2.45) is 0 Å². The maximum absolute atomic E-state index is 5.74. The van der Waals surface area contributed by atoms with E-state index in [4.69, 9.17) is 4.42 Å². The van der Waals surface area contributed by atoms with Gasteiger partial charge in [0.05, 0.1) is 6.26 Å². The third kappa shape index (κ3) is 3.81. The lowest BCUT2D eigenvalue weighted by Crippen LogP contribution is -1.92. The molecule has 0 aliphatic rings. The van der Waals surface area contributed by atoms with E-state index >= 15 is 0 Å². The van der Waals surface area contributed by atoms with Crippen LogP contribution in [0.25, 0.3) is 96.8 Å². The van der Waals surface area contributed by atoms with Gasteiger partial charge >= 0.3 is 0 Å². The summed E-state index contributed by atoms with van der Waals surface area (Å²) >= 11 is 1.87. The zero-order valence-corrected chi connectivity index (χ0v) is 25.6. The maximum atomic E-state index is 5.74. The highest BCUT2D eigenvalue weighted by atomic mass is 32.1. The van der Waals surface area contributed by atoms with Gasteiger partial charge in [-0.25, -0.2) is 0 Å². The third-order valence-corrected chi connectivity index (χ3v) is 10.7. The average Bonchev–Trinajstić information content (AvgIpc) is 3.74. The van der Waals surface area contributed by atoms with Crippen molar-refractivity contribution in [2.45, 2.75) is 0 Å². The number of fused-ring (bicyclic) bond motifs is 7. The van der Waals surface area contributed by atoms with Crippen molar-refractivity contribution >= 4 is 74.8 Å². The minimum absolute atomic E-state index is 0.904. The van der Waals surface area contributed by atoms with Crippen LogP contribution >= 0.6 is 11.3 Å². The Morgan fingerprint density at radius 1 is 0.391 bits per heavy atom. The molecule has 0 saturated heterocycles. The van der Waals surface area contributed by atoms with Crippen molar-refractivity contribution in [3.05, 3.63) is 158 Å². The Balaban J connectivity index is 1.35. The van der Waals surface area contributed by atoms with Crippen molar-refractivity contribution in [3.8, 4) is 33.4 Å². The Hall–Kier alpha value is -5.70. The first-order chi connectivity index (χ1) is 22.8. The van der Waals surface area contributed by atoms with Crippen LogP contribution in [0.15, 0.2) is 162 Å². The Morgan fingerprint density at radius 2 is 1.07 bits per heavy atom. The number of rotatable bonds is 3. The molecule has 0 bridgehead atoms. The van der Waals surface area contributed by atoms with Crippen molar-refractivity contribution in [1.29, 1.82) is 0 Å². The fourth-order valence-corrected chi connectivity index (χ4v) is 8.57. The molecule has 0 unspecified atom stereocenters. The lowest BCUT2D eigenvalue weighted by Gasteiger charge is -2.19. The molecule has 0 N–H and O–H groups in total. The normalized spacial score (nSPS) is 11.9. The number of hydrogen-bond donors (Lipinski definition) is 0. The van der Waals surface area contributed by atoms with Crippen LogP contribution in [0.2, 0.25) is 0 Å². The van der Waals surface area contributed by atoms with Crippen LogP contribution in [0.3, 0.4) is 0 Å². The van der Waals surface area contributed by atoms with Gasteiger partial charge in [-0.2, -0.15) is 0 Å². The van der Waals surface area contributed by atoms with E-state index < -0.39 is 0 Å². The molecule has 0 fully saturated rings. The summed E-state index contributed by atoms with van der Waals surface area (Å²) in [5.74, 6) is 0. The first kappa shape index (κ1) is 25.6. The molecular formula is C44H26OS. The molecule has 1 nitrogen and oxygen atoms in total. The first-order valence-corrected chi connectivity index (χ1v) is 16.5. The molecule has 0 aliphatic carbocycles. The molecule has 214 valence electrons. The quantitative estimate of drug-likeness (QED) is 0.183. The second-order valence-corrected chi connectivity index (χ2v) is 13.2. The van der Waals surface area contributed by atoms with Gasteiger partial charge in [0, 0.05) is 25.6 Å². The second-order valence-electron chi connectivity index (χ2n) is 12.1. The standard InChI is InChI=1S/C44H26OS/c1-2-9-28-24-29(17-16-27(28)8-1)30-18-20-35-38(26-30)42(32-19-21-39-31(25-32)22-23-45-39)33-10-3-4-11-34(33)43(35)37-13-7-15-41-44(37)36-12-5-6-14-40(36)46-41/h1-26H. The molecule has 10 aromatic rings. The van der Waals surface area contributed by atoms with Gasteiger partial charge in [0.1, 0.15) is 5.58 Å². The highest BCUT2D eigenvalue weighted by Crippen LogP contribution is 2.48. The fraction of sp³-hybridized carbons (Fsp3) is 0. The van der Waals surface area contributed by atoms with Crippen LogP contribution in [-0.4, -0.2) is 0 Å². The zero-order valence-electron chi connectivity index (χ0n) is 24.8. The van der Waals surface area contributed by atoms with Gasteiger partial charge in [0.25, 0.3) is 0 Å². The predicted molar refractivity (Wildman–Crippen MR) is 198 cm³/mol. The van der Waals surface area contributed by atoms with E-state index in [-0.39, 0.29) is 0 Å². The van der Waals surface area contributed by atoms with E-state index in [0.717, 1.165) is 11.0 Å². The summed E-state index contributed by atoms with van der Waals surface area (Å²) in [5.41, 5.74) is 8.35. The lowest BCUT2D eigenvalue weighted by molar-refractivity contribution is 0.616. The molecule has 0 atom stereocenters. The van der Waals surface area contributed by atoms with E-state index in [1.807, 2.05) is 11.3 Å². The van der Waals surface area contributed by atoms with Gasteiger partial charge in [-0.15, -0.1) is 11.3 Å². The van der Waals surface area contributed by atoms with E-state index in [1.165, 1.54) is 85.9 Å². The van der Waals surface area contributed by atoms with Crippen LogP contribution in [0, 0.1) is 0 Å². The summed E-state index contributed by atoms with van der Waals surface area (Å²) in [4.78, 5) is 0. The number of thiophene rings is 1. The van der Waals surface area contributed by atoms with Gasteiger partial charge < -0.3 is 4.42 Å². The third-order valence-electron chi connectivity index (χ3n) is 9.52. The number of furan rings is 1. The first-order valence-electron chi connectivity index (χ1n) is 15.7. The smallest absolute Gasteiger partial charge is 0.133 e. The largest absolute Gasteiger partial charge is 0.464 e. The lowest BCUT2D eigenvalue weighted by atomic mass is 9.83. The van der Waals surface area contributed by atoms with E-state index in [1.54, 1.807) is 6.26 Å². The molecule has 2 heterocycles. The minimum atomic E-state index is 0.904. The van der Waals surface area contributed by atoms with Crippen LogP contribution < -0.4 is 0 Å². The van der Waals surface area contributed by atoms with Gasteiger partial charge in [-0.3, -0.25) is 0 Å². The van der Waals surface area contributed by atoms with Crippen molar-refractivity contribution in [1.82, 2.24) is 0 Å². The summed E-state index contributed by atoms with van der Waals surface area (Å²) in [5, 5.41) is 11.3.